The Morgan fingerprint density at radius 2 is 1.89 bits per heavy atom. The number of benzene rings is 2. The first-order chi connectivity index (χ1) is 8.56. The van der Waals surface area contributed by atoms with Gasteiger partial charge in [0, 0.05) is 17.3 Å². The first kappa shape index (κ1) is 13.3. The maximum absolute atomic E-state index is 13.3. The summed E-state index contributed by atoms with van der Waals surface area (Å²) in [4.78, 5) is 0. The maximum Gasteiger partial charge on any atom is 0.139 e. The molecule has 0 atom stereocenters. The minimum Gasteiger partial charge on any atom is -0.381 e. The summed E-state index contributed by atoms with van der Waals surface area (Å²) in [6.07, 6.45) is 0. The molecule has 94 valence electrons. The molecule has 0 saturated carbocycles. The standard InChI is InChI=1S/C13H9BrClF2N/c14-11-4-3-10(6-13(11)17)18-7-8-1-2-9(16)5-12(8)15/h1-6,18H,7H2. The highest BCUT2D eigenvalue weighted by Gasteiger charge is 2.03. The van der Waals surface area contributed by atoms with E-state index in [2.05, 4.69) is 21.2 Å². The van der Waals surface area contributed by atoms with Gasteiger partial charge in [-0.25, -0.2) is 8.78 Å². The van der Waals surface area contributed by atoms with Gasteiger partial charge in [0.15, 0.2) is 0 Å². The van der Waals surface area contributed by atoms with Crippen LogP contribution in [0.1, 0.15) is 5.56 Å². The third kappa shape index (κ3) is 3.21. The number of halogens is 4. The number of anilines is 1. The molecule has 5 heteroatoms. The van der Waals surface area contributed by atoms with Crippen molar-refractivity contribution in [3.8, 4) is 0 Å². The molecule has 0 amide bonds. The summed E-state index contributed by atoms with van der Waals surface area (Å²) in [5.41, 5.74) is 1.39. The molecule has 0 saturated heterocycles. The van der Waals surface area contributed by atoms with Crippen LogP contribution in [0, 0.1) is 11.6 Å². The summed E-state index contributed by atoms with van der Waals surface area (Å²) in [6, 6.07) is 8.92. The van der Waals surface area contributed by atoms with Gasteiger partial charge in [0.1, 0.15) is 11.6 Å². The van der Waals surface area contributed by atoms with Crippen molar-refractivity contribution in [3.63, 3.8) is 0 Å². The molecule has 0 radical (unpaired) electrons. The first-order valence-electron chi connectivity index (χ1n) is 5.19. The molecule has 0 fully saturated rings. The summed E-state index contributed by atoms with van der Waals surface area (Å²) in [5.74, 6) is -0.719. The van der Waals surface area contributed by atoms with Crippen LogP contribution in [0.2, 0.25) is 5.02 Å². The van der Waals surface area contributed by atoms with E-state index in [1.54, 1.807) is 18.2 Å². The van der Waals surface area contributed by atoms with Crippen LogP contribution in [0.15, 0.2) is 40.9 Å². The molecule has 0 aromatic heterocycles. The average molecular weight is 333 g/mol. The number of nitrogens with one attached hydrogen (secondary N) is 1. The van der Waals surface area contributed by atoms with Crippen molar-refractivity contribution in [1.29, 1.82) is 0 Å². The normalized spacial score (nSPS) is 10.4. The Balaban J connectivity index is 2.09. The summed E-state index contributed by atoms with van der Waals surface area (Å²) >= 11 is 8.97. The van der Waals surface area contributed by atoms with E-state index >= 15 is 0 Å². The van der Waals surface area contributed by atoms with Crippen LogP contribution in [0.5, 0.6) is 0 Å². The zero-order valence-electron chi connectivity index (χ0n) is 9.18. The average Bonchev–Trinajstić information content (AvgIpc) is 2.32. The molecule has 0 spiro atoms. The van der Waals surface area contributed by atoms with Crippen LogP contribution in [0.3, 0.4) is 0 Å². The predicted molar refractivity (Wildman–Crippen MR) is 72.8 cm³/mol. The third-order valence-electron chi connectivity index (χ3n) is 2.42. The van der Waals surface area contributed by atoms with Gasteiger partial charge in [0.05, 0.1) is 4.47 Å². The first-order valence-corrected chi connectivity index (χ1v) is 6.36. The molecule has 1 nitrogen and oxygen atoms in total. The van der Waals surface area contributed by atoms with Gasteiger partial charge in [-0.1, -0.05) is 17.7 Å². The largest absolute Gasteiger partial charge is 0.381 e. The smallest absolute Gasteiger partial charge is 0.139 e. The lowest BCUT2D eigenvalue weighted by atomic mass is 10.2. The molecule has 1 N–H and O–H groups in total. The van der Waals surface area contributed by atoms with Crippen LogP contribution < -0.4 is 5.32 Å². The van der Waals surface area contributed by atoms with E-state index in [4.69, 9.17) is 11.6 Å². The Labute approximate surface area is 117 Å². The second-order valence-corrected chi connectivity index (χ2v) is 4.98. The summed E-state index contributed by atoms with van der Waals surface area (Å²) < 4.78 is 26.5. The third-order valence-corrected chi connectivity index (χ3v) is 3.41. The van der Waals surface area contributed by atoms with E-state index in [9.17, 15) is 8.78 Å². The molecule has 2 rings (SSSR count). The van der Waals surface area contributed by atoms with E-state index in [0.717, 1.165) is 5.56 Å². The highest BCUT2D eigenvalue weighted by Crippen LogP contribution is 2.22. The number of rotatable bonds is 3. The second-order valence-electron chi connectivity index (χ2n) is 3.72. The molecule has 0 aliphatic rings. The molecule has 18 heavy (non-hydrogen) atoms. The van der Waals surface area contributed by atoms with Gasteiger partial charge >= 0.3 is 0 Å². The fourth-order valence-corrected chi connectivity index (χ4v) is 1.95. The molecule has 0 aliphatic carbocycles. The quantitative estimate of drug-likeness (QED) is 0.834. The van der Waals surface area contributed by atoms with Crippen molar-refractivity contribution >= 4 is 33.2 Å². The van der Waals surface area contributed by atoms with Crippen LogP contribution >= 0.6 is 27.5 Å². The Bertz CT molecular complexity index is 575. The van der Waals surface area contributed by atoms with Crippen LogP contribution in [-0.2, 0) is 6.54 Å². The van der Waals surface area contributed by atoms with Crippen molar-refractivity contribution < 1.29 is 8.78 Å². The van der Waals surface area contributed by atoms with Crippen molar-refractivity contribution in [2.45, 2.75) is 6.54 Å². The van der Waals surface area contributed by atoms with Gasteiger partial charge in [-0.15, -0.1) is 0 Å². The molecule has 2 aromatic rings. The maximum atomic E-state index is 13.3. The zero-order valence-corrected chi connectivity index (χ0v) is 11.5. The lowest BCUT2D eigenvalue weighted by Crippen LogP contribution is -2.00. The van der Waals surface area contributed by atoms with Crippen LogP contribution in [0.4, 0.5) is 14.5 Å². The monoisotopic (exact) mass is 331 g/mol. The predicted octanol–water partition coefficient (Wildman–Crippen LogP) is 4.99. The highest BCUT2D eigenvalue weighted by molar-refractivity contribution is 9.10. The van der Waals surface area contributed by atoms with E-state index in [-0.39, 0.29) is 11.6 Å². The van der Waals surface area contributed by atoms with Gasteiger partial charge in [0.25, 0.3) is 0 Å². The fraction of sp³-hybridized carbons (Fsp3) is 0.0769. The zero-order chi connectivity index (χ0) is 13.1. The minimum atomic E-state index is -0.376. The van der Waals surface area contributed by atoms with Crippen molar-refractivity contribution in [2.75, 3.05) is 5.32 Å². The molecular formula is C13H9BrClF2N. The second kappa shape index (κ2) is 5.67. The van der Waals surface area contributed by atoms with Crippen molar-refractivity contribution in [2.24, 2.45) is 0 Å². The van der Waals surface area contributed by atoms with Gasteiger partial charge in [0.2, 0.25) is 0 Å². The van der Waals surface area contributed by atoms with Gasteiger partial charge in [-0.05, 0) is 51.8 Å². The Morgan fingerprint density at radius 3 is 2.56 bits per heavy atom. The van der Waals surface area contributed by atoms with Crippen LogP contribution in [-0.4, -0.2) is 0 Å². The van der Waals surface area contributed by atoms with Crippen molar-refractivity contribution in [3.05, 3.63) is 63.1 Å². The molecule has 0 unspecified atom stereocenters. The summed E-state index contributed by atoms with van der Waals surface area (Å²) in [5, 5.41) is 3.37. The van der Waals surface area contributed by atoms with Crippen LogP contribution in [0.25, 0.3) is 0 Å². The van der Waals surface area contributed by atoms with Crippen molar-refractivity contribution in [1.82, 2.24) is 0 Å². The Hall–Kier alpha value is -1.13. The molecule has 2 aromatic carbocycles. The SMILES string of the molecule is Fc1ccc(CNc2ccc(Br)c(F)c2)c(Cl)c1. The highest BCUT2D eigenvalue weighted by atomic mass is 79.9. The number of hydrogen-bond acceptors (Lipinski definition) is 1. The summed E-state index contributed by atoms with van der Waals surface area (Å²) in [6.45, 7) is 0.403. The van der Waals surface area contributed by atoms with E-state index in [1.165, 1.54) is 18.2 Å². The fourth-order valence-electron chi connectivity index (χ4n) is 1.47. The van der Waals surface area contributed by atoms with Gasteiger partial charge in [-0.2, -0.15) is 0 Å². The van der Waals surface area contributed by atoms with Gasteiger partial charge in [-0.3, -0.25) is 0 Å². The topological polar surface area (TPSA) is 12.0 Å². The van der Waals surface area contributed by atoms with E-state index in [0.29, 0.717) is 21.7 Å². The lowest BCUT2D eigenvalue weighted by molar-refractivity contribution is 0.621. The minimum absolute atomic E-state index is 0.342. The van der Waals surface area contributed by atoms with E-state index < -0.39 is 0 Å². The number of hydrogen-bond donors (Lipinski definition) is 1. The molecular weight excluding hydrogens is 324 g/mol. The van der Waals surface area contributed by atoms with Gasteiger partial charge < -0.3 is 5.32 Å². The molecule has 0 heterocycles. The summed E-state index contributed by atoms with van der Waals surface area (Å²) in [7, 11) is 0. The lowest BCUT2D eigenvalue weighted by Gasteiger charge is -2.08. The molecule has 0 bridgehead atoms. The Morgan fingerprint density at radius 1 is 1.11 bits per heavy atom. The molecule has 0 aliphatic heterocycles. The van der Waals surface area contributed by atoms with E-state index in [1.807, 2.05) is 0 Å². The Kier molecular flexibility index (Phi) is 4.19.